The summed E-state index contributed by atoms with van der Waals surface area (Å²) < 4.78 is 27.2. The van der Waals surface area contributed by atoms with Crippen molar-refractivity contribution in [3.63, 3.8) is 0 Å². The van der Waals surface area contributed by atoms with Crippen LogP contribution in [-0.2, 0) is 10.0 Å². The van der Waals surface area contributed by atoms with Crippen molar-refractivity contribution < 1.29 is 13.3 Å². The van der Waals surface area contributed by atoms with Gasteiger partial charge in [0.2, 0.25) is 10.0 Å². The second kappa shape index (κ2) is 6.31. The van der Waals surface area contributed by atoms with Crippen LogP contribution in [0.5, 0.6) is 0 Å². The SMILES string of the molecule is Cc1cc(C)c(S(=O)(=O)N2CCCCC2CN)cc1[N+](=O)[O-]. The Bertz CT molecular complexity index is 688. The first kappa shape index (κ1) is 16.9. The van der Waals surface area contributed by atoms with E-state index in [1.54, 1.807) is 19.9 Å². The molecule has 0 amide bonds. The number of rotatable bonds is 4. The van der Waals surface area contributed by atoms with Gasteiger partial charge in [-0.15, -0.1) is 0 Å². The number of hydrogen-bond donors (Lipinski definition) is 1. The van der Waals surface area contributed by atoms with E-state index in [0.29, 0.717) is 17.7 Å². The van der Waals surface area contributed by atoms with Crippen LogP contribution in [0.3, 0.4) is 0 Å². The number of nitrogens with two attached hydrogens (primary N) is 1. The van der Waals surface area contributed by atoms with Gasteiger partial charge >= 0.3 is 0 Å². The lowest BCUT2D eigenvalue weighted by Crippen LogP contribution is -2.47. The maximum Gasteiger partial charge on any atom is 0.273 e. The zero-order valence-corrected chi connectivity index (χ0v) is 13.6. The number of benzene rings is 1. The summed E-state index contributed by atoms with van der Waals surface area (Å²) in [4.78, 5) is 10.5. The molecule has 0 radical (unpaired) electrons. The third-order valence-electron chi connectivity index (χ3n) is 4.12. The summed E-state index contributed by atoms with van der Waals surface area (Å²) in [6.07, 6.45) is 2.45. The highest BCUT2D eigenvalue weighted by atomic mass is 32.2. The molecule has 0 aliphatic carbocycles. The van der Waals surface area contributed by atoms with Gasteiger partial charge < -0.3 is 5.73 Å². The van der Waals surface area contributed by atoms with Gasteiger partial charge in [0.05, 0.1) is 9.82 Å². The molecule has 1 unspecified atom stereocenters. The van der Waals surface area contributed by atoms with E-state index >= 15 is 0 Å². The lowest BCUT2D eigenvalue weighted by Gasteiger charge is -2.34. The van der Waals surface area contributed by atoms with Crippen LogP contribution in [0.15, 0.2) is 17.0 Å². The number of nitro benzene ring substituents is 1. The van der Waals surface area contributed by atoms with Gasteiger partial charge in [-0.05, 0) is 38.3 Å². The highest BCUT2D eigenvalue weighted by Gasteiger charge is 2.34. The van der Waals surface area contributed by atoms with E-state index in [4.69, 9.17) is 5.73 Å². The van der Waals surface area contributed by atoms with Crippen molar-refractivity contribution in [2.45, 2.75) is 44.0 Å². The first-order valence-electron chi connectivity index (χ1n) is 7.26. The van der Waals surface area contributed by atoms with Crippen molar-refractivity contribution in [2.24, 2.45) is 5.73 Å². The van der Waals surface area contributed by atoms with Crippen molar-refractivity contribution in [1.29, 1.82) is 0 Å². The topological polar surface area (TPSA) is 107 Å². The predicted molar refractivity (Wildman–Crippen MR) is 83.2 cm³/mol. The largest absolute Gasteiger partial charge is 0.329 e. The first-order valence-corrected chi connectivity index (χ1v) is 8.70. The van der Waals surface area contributed by atoms with Gasteiger partial charge in [-0.25, -0.2) is 8.42 Å². The first-order chi connectivity index (χ1) is 10.3. The standard InChI is InChI=1S/C14H21N3O4S/c1-10-7-11(2)14(8-13(10)17(18)19)22(20,21)16-6-4-3-5-12(16)9-15/h7-8,12H,3-6,9,15H2,1-2H3. The fourth-order valence-corrected chi connectivity index (χ4v) is 4.88. The Morgan fingerprint density at radius 3 is 2.59 bits per heavy atom. The number of sulfonamides is 1. The maximum absolute atomic E-state index is 12.9. The second-order valence-corrected chi connectivity index (χ2v) is 7.52. The Hall–Kier alpha value is -1.51. The monoisotopic (exact) mass is 327 g/mol. The molecule has 2 rings (SSSR count). The Kier molecular flexibility index (Phi) is 4.84. The minimum Gasteiger partial charge on any atom is -0.329 e. The zero-order valence-electron chi connectivity index (χ0n) is 12.8. The summed E-state index contributed by atoms with van der Waals surface area (Å²) in [5.41, 5.74) is 6.49. The van der Waals surface area contributed by atoms with E-state index in [1.165, 1.54) is 10.4 Å². The van der Waals surface area contributed by atoms with Crippen LogP contribution < -0.4 is 5.73 Å². The molecule has 0 bridgehead atoms. The van der Waals surface area contributed by atoms with Crippen LogP contribution in [0, 0.1) is 24.0 Å². The number of nitrogens with zero attached hydrogens (tertiary/aromatic N) is 2. The van der Waals surface area contributed by atoms with Gasteiger partial charge in [0.15, 0.2) is 0 Å². The highest BCUT2D eigenvalue weighted by molar-refractivity contribution is 7.89. The van der Waals surface area contributed by atoms with Crippen molar-refractivity contribution >= 4 is 15.7 Å². The summed E-state index contributed by atoms with van der Waals surface area (Å²) in [5.74, 6) is 0. The van der Waals surface area contributed by atoms with Crippen molar-refractivity contribution in [1.82, 2.24) is 4.31 Å². The van der Waals surface area contributed by atoms with Gasteiger partial charge in [-0.1, -0.05) is 6.42 Å². The average molecular weight is 327 g/mol. The minimum absolute atomic E-state index is 0.00477. The predicted octanol–water partition coefficient (Wildman–Crippen LogP) is 1.71. The summed E-state index contributed by atoms with van der Waals surface area (Å²) in [6, 6.07) is 2.48. The van der Waals surface area contributed by atoms with Crippen LogP contribution >= 0.6 is 0 Å². The molecule has 0 aromatic heterocycles. The zero-order chi connectivity index (χ0) is 16.5. The molecule has 7 nitrogen and oxygen atoms in total. The summed E-state index contributed by atoms with van der Waals surface area (Å²) in [7, 11) is -3.78. The molecular weight excluding hydrogens is 306 g/mol. The summed E-state index contributed by atoms with van der Waals surface area (Å²) >= 11 is 0. The van der Waals surface area contributed by atoms with Gasteiger partial charge in [0.1, 0.15) is 0 Å². The Morgan fingerprint density at radius 2 is 2.00 bits per heavy atom. The molecule has 1 fully saturated rings. The third kappa shape index (κ3) is 2.99. The van der Waals surface area contributed by atoms with E-state index in [1.807, 2.05) is 0 Å². The van der Waals surface area contributed by atoms with E-state index in [2.05, 4.69) is 0 Å². The van der Waals surface area contributed by atoms with Crippen LogP contribution in [-0.4, -0.2) is 36.8 Å². The van der Waals surface area contributed by atoms with Gasteiger partial charge in [-0.2, -0.15) is 4.31 Å². The number of nitro groups is 1. The maximum atomic E-state index is 12.9. The molecule has 1 aliphatic rings. The van der Waals surface area contributed by atoms with Crippen LogP contribution in [0.4, 0.5) is 5.69 Å². The Morgan fingerprint density at radius 1 is 1.32 bits per heavy atom. The molecule has 2 N–H and O–H groups in total. The quantitative estimate of drug-likeness (QED) is 0.669. The van der Waals surface area contributed by atoms with E-state index < -0.39 is 14.9 Å². The van der Waals surface area contributed by atoms with Gasteiger partial charge in [0.25, 0.3) is 5.69 Å². The number of hydrogen-bond acceptors (Lipinski definition) is 5. The normalized spacial score (nSPS) is 20.0. The lowest BCUT2D eigenvalue weighted by molar-refractivity contribution is -0.385. The molecule has 0 spiro atoms. The Balaban J connectivity index is 2.53. The van der Waals surface area contributed by atoms with E-state index in [9.17, 15) is 18.5 Å². The van der Waals surface area contributed by atoms with Crippen LogP contribution in [0.1, 0.15) is 30.4 Å². The third-order valence-corrected chi connectivity index (χ3v) is 6.22. The molecule has 1 saturated heterocycles. The van der Waals surface area contributed by atoms with Crippen molar-refractivity contribution in [2.75, 3.05) is 13.1 Å². The molecule has 1 aromatic carbocycles. The molecule has 1 heterocycles. The second-order valence-electron chi connectivity index (χ2n) is 5.66. The molecule has 1 aliphatic heterocycles. The molecule has 22 heavy (non-hydrogen) atoms. The smallest absolute Gasteiger partial charge is 0.273 e. The number of piperidine rings is 1. The molecule has 1 aromatic rings. The summed E-state index contributed by atoms with van der Waals surface area (Å²) in [6.45, 7) is 3.92. The van der Waals surface area contributed by atoms with Crippen LogP contribution in [0.2, 0.25) is 0 Å². The van der Waals surface area contributed by atoms with Gasteiger partial charge in [0, 0.05) is 30.8 Å². The molecule has 122 valence electrons. The number of aryl methyl sites for hydroxylation is 2. The molecule has 0 saturated carbocycles. The van der Waals surface area contributed by atoms with E-state index in [0.717, 1.165) is 19.3 Å². The molecule has 1 atom stereocenters. The molecule has 8 heteroatoms. The van der Waals surface area contributed by atoms with Crippen molar-refractivity contribution in [3.8, 4) is 0 Å². The van der Waals surface area contributed by atoms with Gasteiger partial charge in [-0.3, -0.25) is 10.1 Å². The minimum atomic E-state index is -3.78. The molecular formula is C14H21N3O4S. The highest BCUT2D eigenvalue weighted by Crippen LogP contribution is 2.31. The lowest BCUT2D eigenvalue weighted by atomic mass is 10.1. The van der Waals surface area contributed by atoms with Crippen molar-refractivity contribution in [3.05, 3.63) is 33.4 Å². The van der Waals surface area contributed by atoms with Crippen LogP contribution in [0.25, 0.3) is 0 Å². The fourth-order valence-electron chi connectivity index (χ4n) is 2.95. The Labute approximate surface area is 130 Å². The summed E-state index contributed by atoms with van der Waals surface area (Å²) in [5, 5.41) is 11.1. The van der Waals surface area contributed by atoms with E-state index in [-0.39, 0.29) is 23.2 Å². The fraction of sp³-hybridized carbons (Fsp3) is 0.571. The average Bonchev–Trinajstić information content (AvgIpc) is 2.46.